The summed E-state index contributed by atoms with van der Waals surface area (Å²) >= 11 is 3.68. The minimum atomic E-state index is 0.127. The maximum absolute atomic E-state index is 9.23. The molecule has 2 N–H and O–H groups in total. The highest BCUT2D eigenvalue weighted by Gasteiger charge is 2.29. The first-order chi connectivity index (χ1) is 9.40. The van der Waals surface area contributed by atoms with Crippen molar-refractivity contribution in [3.05, 3.63) is 28.2 Å². The zero-order valence-corrected chi connectivity index (χ0v) is 14.2. The van der Waals surface area contributed by atoms with Gasteiger partial charge in [0.2, 0.25) is 0 Å². The predicted molar refractivity (Wildman–Crippen MR) is 88.2 cm³/mol. The van der Waals surface area contributed by atoms with Crippen LogP contribution in [0, 0.1) is 0 Å². The number of hydrogen-bond donors (Lipinski definition) is 2. The molecule has 1 aliphatic carbocycles. The lowest BCUT2D eigenvalue weighted by molar-refractivity contribution is 0.301. The summed E-state index contributed by atoms with van der Waals surface area (Å²) in [6.07, 6.45) is 2.47. The Hall–Kier alpha value is -0.580. The van der Waals surface area contributed by atoms with Crippen molar-refractivity contribution >= 4 is 21.6 Å². The Balaban J connectivity index is 2.08. The van der Waals surface area contributed by atoms with E-state index in [2.05, 4.69) is 65.1 Å². The number of rotatable bonds is 6. The van der Waals surface area contributed by atoms with Crippen molar-refractivity contribution in [2.24, 2.45) is 0 Å². The molecule has 0 atom stereocenters. The van der Waals surface area contributed by atoms with Gasteiger partial charge in [0.05, 0.1) is 12.3 Å². The topological polar surface area (TPSA) is 35.5 Å². The van der Waals surface area contributed by atoms with Crippen molar-refractivity contribution in [2.45, 2.75) is 51.7 Å². The Labute approximate surface area is 130 Å². The number of aliphatic hydroxyl groups is 1. The molecule has 0 aromatic heterocycles. The van der Waals surface area contributed by atoms with Gasteiger partial charge in [-0.05, 0) is 67.2 Å². The summed E-state index contributed by atoms with van der Waals surface area (Å²) in [4.78, 5) is 2.31. The van der Waals surface area contributed by atoms with E-state index < -0.39 is 0 Å². The monoisotopic (exact) mass is 340 g/mol. The third kappa shape index (κ3) is 4.47. The van der Waals surface area contributed by atoms with E-state index >= 15 is 0 Å². The zero-order chi connectivity index (χ0) is 14.8. The molecule has 1 fully saturated rings. The van der Waals surface area contributed by atoms with Gasteiger partial charge in [-0.15, -0.1) is 0 Å². The smallest absolute Gasteiger partial charge is 0.0606 e. The van der Waals surface area contributed by atoms with Gasteiger partial charge in [-0.2, -0.15) is 0 Å². The Morgan fingerprint density at radius 3 is 2.55 bits per heavy atom. The molecule has 0 bridgehead atoms. The second-order valence-corrected chi connectivity index (χ2v) is 7.39. The molecule has 1 aromatic rings. The van der Waals surface area contributed by atoms with Crippen molar-refractivity contribution in [3.63, 3.8) is 0 Å². The number of nitrogens with one attached hydrogen (secondary N) is 1. The molecule has 2 rings (SSSR count). The summed E-state index contributed by atoms with van der Waals surface area (Å²) in [5.41, 5.74) is 2.60. The Morgan fingerprint density at radius 2 is 2.05 bits per heavy atom. The fourth-order valence-corrected chi connectivity index (χ4v) is 2.91. The van der Waals surface area contributed by atoms with Gasteiger partial charge in [-0.3, -0.25) is 0 Å². The maximum atomic E-state index is 9.23. The average molecular weight is 341 g/mol. The first-order valence-electron chi connectivity index (χ1n) is 7.31. The van der Waals surface area contributed by atoms with Crippen LogP contribution in [0.25, 0.3) is 0 Å². The first-order valence-corrected chi connectivity index (χ1v) is 8.11. The third-order valence-corrected chi connectivity index (χ3v) is 4.11. The Morgan fingerprint density at radius 1 is 1.35 bits per heavy atom. The second kappa shape index (κ2) is 6.46. The van der Waals surface area contributed by atoms with Gasteiger partial charge in [0.25, 0.3) is 0 Å². The third-order valence-electron chi connectivity index (χ3n) is 3.47. The minimum absolute atomic E-state index is 0.127. The van der Waals surface area contributed by atoms with Crippen molar-refractivity contribution in [3.8, 4) is 0 Å². The van der Waals surface area contributed by atoms with Crippen LogP contribution in [0.3, 0.4) is 0 Å². The molecule has 3 nitrogen and oxygen atoms in total. The molecule has 0 radical (unpaired) electrons. The van der Waals surface area contributed by atoms with E-state index in [-0.39, 0.29) is 12.1 Å². The SMILES string of the molecule is CC(C)(C)NCc1ccc(N(CCO)C2CC2)c(Br)c1. The number of anilines is 1. The molecule has 1 aromatic carbocycles. The normalized spacial score (nSPS) is 15.4. The molecule has 0 amide bonds. The highest BCUT2D eigenvalue weighted by Crippen LogP contribution is 2.36. The fourth-order valence-electron chi connectivity index (χ4n) is 2.25. The van der Waals surface area contributed by atoms with Crippen LogP contribution in [0.4, 0.5) is 5.69 Å². The van der Waals surface area contributed by atoms with Gasteiger partial charge >= 0.3 is 0 Å². The van der Waals surface area contributed by atoms with Gasteiger partial charge in [0, 0.05) is 29.1 Å². The molecule has 0 unspecified atom stereocenters. The number of benzene rings is 1. The van der Waals surface area contributed by atoms with E-state index in [1.54, 1.807) is 0 Å². The van der Waals surface area contributed by atoms with Crippen molar-refractivity contribution in [1.82, 2.24) is 5.32 Å². The zero-order valence-electron chi connectivity index (χ0n) is 12.6. The van der Waals surface area contributed by atoms with Crippen LogP contribution in [0.5, 0.6) is 0 Å². The van der Waals surface area contributed by atoms with Crippen LogP contribution in [0.1, 0.15) is 39.2 Å². The molecule has 0 aliphatic heterocycles. The van der Waals surface area contributed by atoms with Crippen LogP contribution < -0.4 is 10.2 Å². The van der Waals surface area contributed by atoms with Gasteiger partial charge < -0.3 is 15.3 Å². The first kappa shape index (κ1) is 15.8. The highest BCUT2D eigenvalue weighted by atomic mass is 79.9. The molecule has 4 heteroatoms. The molecule has 1 aliphatic rings. The number of aliphatic hydroxyl groups excluding tert-OH is 1. The molecular weight excluding hydrogens is 316 g/mol. The molecule has 20 heavy (non-hydrogen) atoms. The lowest BCUT2D eigenvalue weighted by atomic mass is 10.1. The maximum Gasteiger partial charge on any atom is 0.0606 e. The van der Waals surface area contributed by atoms with E-state index in [1.807, 2.05) is 0 Å². The van der Waals surface area contributed by atoms with E-state index in [1.165, 1.54) is 24.1 Å². The second-order valence-electron chi connectivity index (χ2n) is 6.54. The fraction of sp³-hybridized carbons (Fsp3) is 0.625. The summed E-state index contributed by atoms with van der Waals surface area (Å²) in [5, 5.41) is 12.7. The highest BCUT2D eigenvalue weighted by molar-refractivity contribution is 9.10. The lowest BCUT2D eigenvalue weighted by Gasteiger charge is -2.26. The van der Waals surface area contributed by atoms with Gasteiger partial charge in [0.1, 0.15) is 0 Å². The summed E-state index contributed by atoms with van der Waals surface area (Å²) in [6.45, 7) is 8.30. The summed E-state index contributed by atoms with van der Waals surface area (Å²) in [6, 6.07) is 7.13. The quantitative estimate of drug-likeness (QED) is 0.833. The van der Waals surface area contributed by atoms with Gasteiger partial charge in [0.15, 0.2) is 0 Å². The molecule has 0 saturated heterocycles. The van der Waals surface area contributed by atoms with Crippen LogP contribution in [0.2, 0.25) is 0 Å². The van der Waals surface area contributed by atoms with Crippen LogP contribution in [0.15, 0.2) is 22.7 Å². The van der Waals surface area contributed by atoms with Crippen LogP contribution in [-0.4, -0.2) is 29.8 Å². The predicted octanol–water partition coefficient (Wildman–Crippen LogP) is 3.30. The number of halogens is 1. The molecular formula is C16H25BrN2O. The summed E-state index contributed by atoms with van der Waals surface area (Å²) in [7, 11) is 0. The number of nitrogens with zero attached hydrogens (tertiary/aromatic N) is 1. The van der Waals surface area contributed by atoms with Crippen molar-refractivity contribution in [2.75, 3.05) is 18.1 Å². The van der Waals surface area contributed by atoms with Crippen molar-refractivity contribution < 1.29 is 5.11 Å². The lowest BCUT2D eigenvalue weighted by Crippen LogP contribution is -2.35. The van der Waals surface area contributed by atoms with E-state index in [0.29, 0.717) is 12.6 Å². The molecule has 112 valence electrons. The van der Waals surface area contributed by atoms with E-state index in [9.17, 15) is 5.11 Å². The average Bonchev–Trinajstić information content (AvgIpc) is 3.18. The molecule has 1 saturated carbocycles. The Kier molecular flexibility index (Phi) is 5.10. The Bertz CT molecular complexity index is 452. The summed E-state index contributed by atoms with van der Waals surface area (Å²) in [5.74, 6) is 0. The van der Waals surface area contributed by atoms with Crippen molar-refractivity contribution in [1.29, 1.82) is 0 Å². The van der Waals surface area contributed by atoms with Gasteiger partial charge in [-0.1, -0.05) is 6.07 Å². The minimum Gasteiger partial charge on any atom is -0.395 e. The largest absolute Gasteiger partial charge is 0.395 e. The standard InChI is InChI=1S/C16H25BrN2O/c1-16(2,3)18-11-12-4-7-15(14(17)10-12)19(8-9-20)13-5-6-13/h4,7,10,13,18,20H,5-6,8-9,11H2,1-3H3. The van der Waals surface area contributed by atoms with Crippen LogP contribution in [-0.2, 0) is 6.54 Å². The molecule has 0 spiro atoms. The van der Waals surface area contributed by atoms with E-state index in [4.69, 9.17) is 0 Å². The van der Waals surface area contributed by atoms with E-state index in [0.717, 1.165) is 11.0 Å². The molecule has 0 heterocycles. The summed E-state index contributed by atoms with van der Waals surface area (Å²) < 4.78 is 1.12. The number of hydrogen-bond acceptors (Lipinski definition) is 3. The van der Waals surface area contributed by atoms with Crippen LogP contribution >= 0.6 is 15.9 Å². The van der Waals surface area contributed by atoms with Gasteiger partial charge in [-0.25, -0.2) is 0 Å².